The zero-order chi connectivity index (χ0) is 22.7. The number of amides is 2. The van der Waals surface area contributed by atoms with E-state index in [1.165, 1.54) is 24.4 Å². The summed E-state index contributed by atoms with van der Waals surface area (Å²) in [4.78, 5) is 24.2. The summed E-state index contributed by atoms with van der Waals surface area (Å²) in [5, 5.41) is 26.5. The maximum Gasteiger partial charge on any atom is 0.319 e. The first-order valence-corrected chi connectivity index (χ1v) is 11.7. The third kappa shape index (κ3) is 4.81. The number of thioether (sulfide) groups is 1. The molecule has 3 heterocycles. The Labute approximate surface area is 195 Å². The molecule has 6 N–H and O–H groups in total. The minimum absolute atomic E-state index is 0.227. The molecule has 11 nitrogen and oxygen atoms in total. The standard InChI is InChI=1S/C19H22BrN7O4S/c20-10-3-1-2-4-11(10)26-19(30)22-5-6-32-7-12-14(28)15(29)18(31-12)27-9-25-13-16(21)23-8-24-17(13)27/h1-4,8-9,12,14-15,18,28-29H,5-7H2,(H2,21,23,24)(H2,22,26,30)/t12-,14-,15-,18-/m1/s1. The molecule has 0 bridgehead atoms. The molecule has 2 aromatic heterocycles. The van der Waals surface area contributed by atoms with Crippen molar-refractivity contribution in [3.63, 3.8) is 0 Å². The average molecular weight is 524 g/mol. The zero-order valence-corrected chi connectivity index (χ0v) is 19.2. The van der Waals surface area contributed by atoms with Crippen LogP contribution in [0.2, 0.25) is 0 Å². The van der Waals surface area contributed by atoms with Crippen LogP contribution in [0.3, 0.4) is 0 Å². The predicted octanol–water partition coefficient (Wildman–Crippen LogP) is 1.35. The van der Waals surface area contributed by atoms with Gasteiger partial charge in [0.25, 0.3) is 0 Å². The van der Waals surface area contributed by atoms with Crippen LogP contribution in [0.1, 0.15) is 6.23 Å². The van der Waals surface area contributed by atoms with Gasteiger partial charge in [-0.3, -0.25) is 4.57 Å². The summed E-state index contributed by atoms with van der Waals surface area (Å²) in [7, 11) is 0. The van der Waals surface area contributed by atoms with E-state index in [1.807, 2.05) is 18.2 Å². The number of fused-ring (bicyclic) bond motifs is 1. The van der Waals surface area contributed by atoms with Crippen LogP contribution in [-0.4, -0.2) is 72.1 Å². The van der Waals surface area contributed by atoms with Crippen LogP contribution in [0, 0.1) is 0 Å². The van der Waals surface area contributed by atoms with Crippen LogP contribution in [0.15, 0.2) is 41.4 Å². The van der Waals surface area contributed by atoms with Gasteiger partial charge >= 0.3 is 6.03 Å². The summed E-state index contributed by atoms with van der Waals surface area (Å²) >= 11 is 4.87. The molecule has 0 unspecified atom stereocenters. The molecule has 1 aliphatic rings. The number of aliphatic hydroxyl groups excluding tert-OH is 2. The highest BCUT2D eigenvalue weighted by Crippen LogP contribution is 2.33. The number of halogens is 1. The smallest absolute Gasteiger partial charge is 0.319 e. The van der Waals surface area contributed by atoms with Gasteiger partial charge in [0.15, 0.2) is 17.7 Å². The molecule has 1 aliphatic heterocycles. The van der Waals surface area contributed by atoms with Crippen molar-refractivity contribution < 1.29 is 19.7 Å². The summed E-state index contributed by atoms with van der Waals surface area (Å²) in [6.45, 7) is 0.429. The number of nitrogens with zero attached hydrogens (tertiary/aromatic N) is 4. The number of carbonyl (C=O) groups is 1. The number of imidazole rings is 1. The predicted molar refractivity (Wildman–Crippen MR) is 124 cm³/mol. The van der Waals surface area contributed by atoms with E-state index >= 15 is 0 Å². The number of hydrogen-bond donors (Lipinski definition) is 5. The van der Waals surface area contributed by atoms with Crippen LogP contribution >= 0.6 is 27.7 Å². The second kappa shape index (κ2) is 10.0. The number of anilines is 2. The quantitative estimate of drug-likeness (QED) is 0.288. The summed E-state index contributed by atoms with van der Waals surface area (Å²) in [6, 6.07) is 7.03. The van der Waals surface area contributed by atoms with Crippen LogP contribution in [-0.2, 0) is 4.74 Å². The van der Waals surface area contributed by atoms with Gasteiger partial charge in [0.1, 0.15) is 24.1 Å². The number of aromatic nitrogens is 4. The van der Waals surface area contributed by atoms with E-state index < -0.39 is 24.5 Å². The molecule has 1 aromatic carbocycles. The fraction of sp³-hybridized carbons (Fsp3) is 0.368. The van der Waals surface area contributed by atoms with Crippen LogP contribution in [0.5, 0.6) is 0 Å². The number of nitrogen functional groups attached to an aromatic ring is 1. The van der Waals surface area contributed by atoms with Gasteiger partial charge in [-0.1, -0.05) is 12.1 Å². The van der Waals surface area contributed by atoms with E-state index in [-0.39, 0.29) is 11.8 Å². The van der Waals surface area contributed by atoms with Gasteiger partial charge in [0.05, 0.1) is 18.1 Å². The Morgan fingerprint density at radius 3 is 2.88 bits per heavy atom. The molecule has 2 amide bonds. The largest absolute Gasteiger partial charge is 0.387 e. The van der Waals surface area contributed by atoms with Crippen molar-refractivity contribution in [3.05, 3.63) is 41.4 Å². The van der Waals surface area contributed by atoms with Crippen molar-refractivity contribution in [2.24, 2.45) is 0 Å². The number of hydrogen-bond acceptors (Lipinski definition) is 9. The maximum atomic E-state index is 12.0. The second-order valence-corrected chi connectivity index (χ2v) is 9.07. The Bertz CT molecular complexity index is 1100. The Morgan fingerprint density at radius 2 is 2.06 bits per heavy atom. The van der Waals surface area contributed by atoms with E-state index in [0.717, 1.165) is 4.47 Å². The zero-order valence-electron chi connectivity index (χ0n) is 16.8. The summed E-state index contributed by atoms with van der Waals surface area (Å²) in [5.74, 6) is 1.27. The maximum absolute atomic E-state index is 12.0. The first kappa shape index (κ1) is 22.7. The van der Waals surface area contributed by atoms with E-state index in [9.17, 15) is 15.0 Å². The number of carbonyl (C=O) groups excluding carboxylic acids is 1. The third-order valence-corrected chi connectivity index (χ3v) is 6.68. The topological polar surface area (TPSA) is 160 Å². The van der Waals surface area contributed by atoms with E-state index in [2.05, 4.69) is 41.5 Å². The van der Waals surface area contributed by atoms with Crippen LogP contribution in [0.4, 0.5) is 16.3 Å². The number of benzene rings is 1. The van der Waals surface area contributed by atoms with Gasteiger partial charge in [-0.25, -0.2) is 19.7 Å². The van der Waals surface area contributed by atoms with Crippen molar-refractivity contribution in [2.45, 2.75) is 24.5 Å². The second-order valence-electron chi connectivity index (χ2n) is 7.06. The molecule has 1 saturated heterocycles. The minimum Gasteiger partial charge on any atom is -0.387 e. The minimum atomic E-state index is -1.15. The number of rotatable bonds is 7. The highest BCUT2D eigenvalue weighted by molar-refractivity contribution is 9.10. The lowest BCUT2D eigenvalue weighted by molar-refractivity contribution is -0.0289. The molecule has 0 aliphatic carbocycles. The molecule has 0 spiro atoms. The van der Waals surface area contributed by atoms with Crippen molar-refractivity contribution in [3.8, 4) is 0 Å². The van der Waals surface area contributed by atoms with Gasteiger partial charge in [-0.15, -0.1) is 0 Å². The Hall–Kier alpha value is -2.45. The lowest BCUT2D eigenvalue weighted by Gasteiger charge is -2.16. The molecular weight excluding hydrogens is 502 g/mol. The van der Waals surface area contributed by atoms with Crippen molar-refractivity contribution >= 4 is 56.4 Å². The normalized spacial score (nSPS) is 22.8. The van der Waals surface area contributed by atoms with Gasteiger partial charge < -0.3 is 31.3 Å². The van der Waals surface area contributed by atoms with E-state index in [1.54, 1.807) is 10.6 Å². The molecule has 32 heavy (non-hydrogen) atoms. The van der Waals surface area contributed by atoms with Gasteiger partial charge in [-0.05, 0) is 28.1 Å². The van der Waals surface area contributed by atoms with Gasteiger partial charge in [0.2, 0.25) is 0 Å². The number of nitrogens with two attached hydrogens (primary N) is 1. The number of urea groups is 1. The fourth-order valence-corrected chi connectivity index (χ4v) is 4.62. The van der Waals surface area contributed by atoms with Gasteiger partial charge in [0, 0.05) is 22.5 Å². The Balaban J connectivity index is 1.25. The van der Waals surface area contributed by atoms with E-state index in [4.69, 9.17) is 10.5 Å². The molecule has 1 fully saturated rings. The molecule has 13 heteroatoms. The molecule has 0 radical (unpaired) electrons. The Kier molecular flexibility index (Phi) is 7.10. The first-order valence-electron chi connectivity index (χ1n) is 9.77. The highest BCUT2D eigenvalue weighted by Gasteiger charge is 2.44. The number of para-hydroxylation sites is 1. The number of ether oxygens (including phenoxy) is 1. The molecule has 4 rings (SSSR count). The average Bonchev–Trinajstić information content (AvgIpc) is 3.32. The van der Waals surface area contributed by atoms with E-state index in [0.29, 0.717) is 34.9 Å². The van der Waals surface area contributed by atoms with Crippen LogP contribution < -0.4 is 16.4 Å². The molecule has 4 atom stereocenters. The summed E-state index contributed by atoms with van der Waals surface area (Å²) in [5.41, 5.74) is 7.31. The molecule has 170 valence electrons. The van der Waals surface area contributed by atoms with Crippen molar-refractivity contribution in [1.29, 1.82) is 0 Å². The number of aliphatic hydroxyl groups is 2. The fourth-order valence-electron chi connectivity index (χ4n) is 3.32. The molecular formula is C19H22BrN7O4S. The summed E-state index contributed by atoms with van der Waals surface area (Å²) < 4.78 is 8.23. The lowest BCUT2D eigenvalue weighted by Crippen LogP contribution is -2.33. The Morgan fingerprint density at radius 1 is 1.25 bits per heavy atom. The van der Waals surface area contributed by atoms with Gasteiger partial charge in [-0.2, -0.15) is 11.8 Å². The number of nitrogens with one attached hydrogen (secondary N) is 2. The first-order chi connectivity index (χ1) is 15.5. The SMILES string of the molecule is Nc1ncnc2c1ncn2[C@@H]1O[C@H](CSCCNC(=O)Nc2ccccc2Br)[C@@H](O)[C@H]1O. The van der Waals surface area contributed by atoms with Crippen LogP contribution in [0.25, 0.3) is 11.2 Å². The monoisotopic (exact) mass is 523 g/mol. The highest BCUT2D eigenvalue weighted by atomic mass is 79.9. The summed E-state index contributed by atoms with van der Waals surface area (Å²) in [6.07, 6.45) is -0.896. The van der Waals surface area contributed by atoms with Crippen molar-refractivity contribution in [1.82, 2.24) is 24.8 Å². The lowest BCUT2D eigenvalue weighted by atomic mass is 10.1. The molecule has 3 aromatic rings. The van der Waals surface area contributed by atoms with Crippen molar-refractivity contribution in [2.75, 3.05) is 29.1 Å². The molecule has 0 saturated carbocycles. The third-order valence-electron chi connectivity index (χ3n) is 4.93.